The number of rotatable bonds is 5. The maximum Gasteiger partial charge on any atom is 0.0684 e. The number of hydrogen-bond acceptors (Lipinski definition) is 3. The van der Waals surface area contributed by atoms with E-state index in [1.807, 2.05) is 25.6 Å². The number of nitriles is 1. The third-order valence-electron chi connectivity index (χ3n) is 3.21. The van der Waals surface area contributed by atoms with Crippen LogP contribution in [-0.2, 0) is 0 Å². The monoisotopic (exact) mass is 226 g/mol. The minimum absolute atomic E-state index is 0.180. The Hall–Kier alpha value is -0.200. The Labute approximate surface area is 97.8 Å². The Morgan fingerprint density at radius 2 is 2.20 bits per heavy atom. The molecule has 0 heterocycles. The van der Waals surface area contributed by atoms with E-state index in [9.17, 15) is 0 Å². The zero-order chi connectivity index (χ0) is 11.3. The van der Waals surface area contributed by atoms with Crippen molar-refractivity contribution in [2.75, 3.05) is 12.8 Å². The van der Waals surface area contributed by atoms with Gasteiger partial charge in [0.25, 0.3) is 0 Å². The molecule has 1 aliphatic rings. The molecule has 0 saturated heterocycles. The van der Waals surface area contributed by atoms with Crippen LogP contribution in [0.15, 0.2) is 0 Å². The highest BCUT2D eigenvalue weighted by molar-refractivity contribution is 7.99. The van der Waals surface area contributed by atoms with Crippen molar-refractivity contribution in [1.82, 2.24) is 5.32 Å². The van der Waals surface area contributed by atoms with Gasteiger partial charge in [-0.15, -0.1) is 0 Å². The van der Waals surface area contributed by atoms with E-state index < -0.39 is 0 Å². The van der Waals surface area contributed by atoms with Gasteiger partial charge in [-0.3, -0.25) is 0 Å². The molecule has 0 aliphatic heterocycles. The Morgan fingerprint density at radius 3 is 2.80 bits per heavy atom. The normalized spacial score (nSPS) is 26.5. The molecule has 3 heteroatoms. The summed E-state index contributed by atoms with van der Waals surface area (Å²) in [7, 11) is 0. The molecule has 0 aromatic heterocycles. The third kappa shape index (κ3) is 4.04. The van der Waals surface area contributed by atoms with Gasteiger partial charge in [0.05, 0.1) is 11.5 Å². The van der Waals surface area contributed by atoms with E-state index >= 15 is 0 Å². The summed E-state index contributed by atoms with van der Waals surface area (Å²) in [4.78, 5) is 0. The van der Waals surface area contributed by atoms with E-state index in [4.69, 9.17) is 5.26 Å². The maximum atomic E-state index is 8.90. The van der Waals surface area contributed by atoms with E-state index in [-0.39, 0.29) is 5.41 Å². The number of hydrogen-bond donors (Lipinski definition) is 1. The van der Waals surface area contributed by atoms with Crippen LogP contribution in [0, 0.1) is 16.7 Å². The third-order valence-corrected chi connectivity index (χ3v) is 4.38. The minimum atomic E-state index is -0.180. The summed E-state index contributed by atoms with van der Waals surface area (Å²) in [5.74, 6) is 0. The van der Waals surface area contributed by atoms with Gasteiger partial charge in [0.2, 0.25) is 0 Å². The summed E-state index contributed by atoms with van der Waals surface area (Å²) < 4.78 is 0. The summed E-state index contributed by atoms with van der Waals surface area (Å²) in [5.41, 5.74) is -0.180. The molecule has 0 spiro atoms. The molecule has 0 radical (unpaired) electrons. The lowest BCUT2D eigenvalue weighted by molar-refractivity contribution is 0.410. The van der Waals surface area contributed by atoms with Crippen LogP contribution in [0.25, 0.3) is 0 Å². The second-order valence-electron chi connectivity index (χ2n) is 5.01. The lowest BCUT2D eigenvalue weighted by Gasteiger charge is -2.21. The zero-order valence-electron chi connectivity index (χ0n) is 10.0. The van der Waals surface area contributed by atoms with Crippen LogP contribution in [-0.4, -0.2) is 24.1 Å². The largest absolute Gasteiger partial charge is 0.313 e. The van der Waals surface area contributed by atoms with E-state index in [2.05, 4.69) is 17.6 Å². The van der Waals surface area contributed by atoms with Crippen LogP contribution < -0.4 is 5.32 Å². The Kier molecular flexibility index (Phi) is 4.95. The van der Waals surface area contributed by atoms with Gasteiger partial charge in [-0.2, -0.15) is 17.0 Å². The highest BCUT2D eigenvalue weighted by Gasteiger charge is 2.26. The summed E-state index contributed by atoms with van der Waals surface area (Å²) in [6.45, 7) is 4.99. The van der Waals surface area contributed by atoms with E-state index in [1.165, 1.54) is 19.3 Å². The molecule has 1 rings (SSSR count). The number of nitrogens with zero attached hydrogens (tertiary/aromatic N) is 1. The van der Waals surface area contributed by atoms with Crippen molar-refractivity contribution in [3.8, 4) is 6.07 Å². The van der Waals surface area contributed by atoms with Crippen molar-refractivity contribution in [3.05, 3.63) is 0 Å². The van der Waals surface area contributed by atoms with E-state index in [0.29, 0.717) is 6.04 Å². The van der Waals surface area contributed by atoms with E-state index in [0.717, 1.165) is 18.2 Å². The highest BCUT2D eigenvalue weighted by atomic mass is 32.2. The van der Waals surface area contributed by atoms with Gasteiger partial charge in [0, 0.05) is 11.3 Å². The van der Waals surface area contributed by atoms with Crippen LogP contribution >= 0.6 is 11.8 Å². The highest BCUT2D eigenvalue weighted by Crippen LogP contribution is 2.28. The van der Waals surface area contributed by atoms with Crippen LogP contribution in [0.2, 0.25) is 0 Å². The second-order valence-corrected chi connectivity index (χ2v) is 6.09. The fourth-order valence-corrected chi connectivity index (χ4v) is 3.03. The fourth-order valence-electron chi connectivity index (χ4n) is 2.07. The van der Waals surface area contributed by atoms with Crippen molar-refractivity contribution in [3.63, 3.8) is 0 Å². The molecule has 0 aromatic rings. The van der Waals surface area contributed by atoms with Gasteiger partial charge in [-0.1, -0.05) is 6.42 Å². The molecule has 1 aliphatic carbocycles. The summed E-state index contributed by atoms with van der Waals surface area (Å²) >= 11 is 1.98. The molecular weight excluding hydrogens is 204 g/mol. The van der Waals surface area contributed by atoms with Gasteiger partial charge in [0.15, 0.2) is 0 Å². The molecule has 1 saturated carbocycles. The molecule has 15 heavy (non-hydrogen) atoms. The molecule has 0 amide bonds. The van der Waals surface area contributed by atoms with Gasteiger partial charge >= 0.3 is 0 Å². The predicted octanol–water partition coefficient (Wildman–Crippen LogP) is 2.80. The van der Waals surface area contributed by atoms with Crippen LogP contribution in [0.5, 0.6) is 0 Å². The molecule has 2 unspecified atom stereocenters. The minimum Gasteiger partial charge on any atom is -0.313 e. The smallest absolute Gasteiger partial charge is 0.0684 e. The van der Waals surface area contributed by atoms with Crippen LogP contribution in [0.1, 0.15) is 39.5 Å². The summed E-state index contributed by atoms with van der Waals surface area (Å²) in [5, 5.41) is 13.3. The maximum absolute atomic E-state index is 8.90. The first-order chi connectivity index (χ1) is 7.09. The molecule has 2 atom stereocenters. The lowest BCUT2D eigenvalue weighted by Crippen LogP contribution is -2.36. The van der Waals surface area contributed by atoms with Crippen LogP contribution in [0.4, 0.5) is 0 Å². The summed E-state index contributed by atoms with van der Waals surface area (Å²) in [6.07, 6.45) is 7.15. The molecule has 0 bridgehead atoms. The first-order valence-corrected chi connectivity index (χ1v) is 7.05. The van der Waals surface area contributed by atoms with Crippen molar-refractivity contribution >= 4 is 11.8 Å². The molecular formula is C12H22N2S. The van der Waals surface area contributed by atoms with Gasteiger partial charge in [-0.05, 0) is 45.9 Å². The number of nitrogens with one attached hydrogen (secondary N) is 1. The van der Waals surface area contributed by atoms with Gasteiger partial charge < -0.3 is 5.32 Å². The Morgan fingerprint density at radius 1 is 1.47 bits per heavy atom. The quantitative estimate of drug-likeness (QED) is 0.783. The molecule has 1 N–H and O–H groups in total. The standard InChI is InChI=1S/C12H22N2S/c1-12(2,9-13)7-8-14-10-5-4-6-11(10)15-3/h10-11,14H,4-8H2,1-3H3. The molecule has 1 fully saturated rings. The lowest BCUT2D eigenvalue weighted by atomic mass is 9.91. The summed E-state index contributed by atoms with van der Waals surface area (Å²) in [6, 6.07) is 3.02. The fraction of sp³-hybridized carbons (Fsp3) is 0.917. The van der Waals surface area contributed by atoms with Crippen molar-refractivity contribution < 1.29 is 0 Å². The van der Waals surface area contributed by atoms with E-state index in [1.54, 1.807) is 0 Å². The van der Waals surface area contributed by atoms with Gasteiger partial charge in [0.1, 0.15) is 0 Å². The Bertz CT molecular complexity index is 232. The molecule has 86 valence electrons. The first-order valence-electron chi connectivity index (χ1n) is 5.76. The van der Waals surface area contributed by atoms with Gasteiger partial charge in [-0.25, -0.2) is 0 Å². The van der Waals surface area contributed by atoms with Crippen LogP contribution in [0.3, 0.4) is 0 Å². The SMILES string of the molecule is CSC1CCCC1NCCC(C)(C)C#N. The van der Waals surface area contributed by atoms with Crippen molar-refractivity contribution in [2.24, 2.45) is 5.41 Å². The zero-order valence-corrected chi connectivity index (χ0v) is 10.9. The second kappa shape index (κ2) is 5.77. The predicted molar refractivity (Wildman–Crippen MR) is 67.0 cm³/mol. The average Bonchev–Trinajstić information content (AvgIpc) is 2.65. The van der Waals surface area contributed by atoms with Crippen molar-refractivity contribution in [1.29, 1.82) is 5.26 Å². The van der Waals surface area contributed by atoms with Crippen molar-refractivity contribution in [2.45, 2.75) is 50.8 Å². The molecule has 2 nitrogen and oxygen atoms in total. The average molecular weight is 226 g/mol. The number of thioether (sulfide) groups is 1. The first kappa shape index (κ1) is 12.9. The Balaban J connectivity index is 2.23. The molecule has 0 aromatic carbocycles. The topological polar surface area (TPSA) is 35.8 Å².